The number of hydrogen-bond donors (Lipinski definition) is 0. The molecule has 1 aliphatic heterocycles. The van der Waals surface area contributed by atoms with Crippen LogP contribution in [0.25, 0.3) is 6.08 Å². The van der Waals surface area contributed by atoms with E-state index in [0.717, 1.165) is 5.56 Å². The second-order valence-electron chi connectivity index (χ2n) is 5.37. The second-order valence-corrected chi connectivity index (χ2v) is 7.04. The van der Waals surface area contributed by atoms with E-state index in [4.69, 9.17) is 17.0 Å². The number of carbonyl (C=O) groups excluding carboxylic acids is 2. The average molecular weight is 369 g/mol. The minimum absolute atomic E-state index is 0.0585. The van der Waals surface area contributed by atoms with E-state index < -0.39 is 0 Å². The van der Waals surface area contributed by atoms with Crippen LogP contribution in [0.4, 0.5) is 5.69 Å². The van der Waals surface area contributed by atoms with Gasteiger partial charge in [-0.3, -0.25) is 14.5 Å². The third kappa shape index (κ3) is 3.50. The standard InChI is InChI=1S/C19H15NO3S2/c1-12(21)13-7-5-8-15(10-13)20-18(22)17(25-19(20)24)11-14-6-3-4-9-16(14)23-2/h3-11H,1-2H3. The normalized spacial score (nSPS) is 15.8. The number of ether oxygens (including phenoxy) is 1. The predicted molar refractivity (Wildman–Crippen MR) is 105 cm³/mol. The molecule has 1 amide bonds. The summed E-state index contributed by atoms with van der Waals surface area (Å²) in [6.45, 7) is 1.49. The van der Waals surface area contributed by atoms with Crippen LogP contribution in [0.1, 0.15) is 22.8 Å². The lowest BCUT2D eigenvalue weighted by Crippen LogP contribution is -2.27. The maximum atomic E-state index is 12.8. The first-order chi connectivity index (χ1) is 12.0. The Labute approximate surface area is 155 Å². The highest BCUT2D eigenvalue weighted by Crippen LogP contribution is 2.37. The van der Waals surface area contributed by atoms with Gasteiger partial charge in [0.05, 0.1) is 17.7 Å². The molecule has 1 aliphatic rings. The van der Waals surface area contributed by atoms with Gasteiger partial charge in [0.2, 0.25) is 0 Å². The Balaban J connectivity index is 1.97. The van der Waals surface area contributed by atoms with Gasteiger partial charge < -0.3 is 4.74 Å². The van der Waals surface area contributed by atoms with E-state index in [1.165, 1.54) is 23.6 Å². The first kappa shape index (κ1) is 17.4. The number of hydrogen-bond acceptors (Lipinski definition) is 5. The van der Waals surface area contributed by atoms with E-state index in [1.807, 2.05) is 24.3 Å². The summed E-state index contributed by atoms with van der Waals surface area (Å²) in [5.74, 6) is 0.421. The molecule has 2 aromatic rings. The maximum absolute atomic E-state index is 12.8. The number of para-hydroxylation sites is 1. The number of thiocarbonyl (C=S) groups is 1. The predicted octanol–water partition coefficient (Wildman–Crippen LogP) is 4.30. The average Bonchev–Trinajstić information content (AvgIpc) is 2.89. The summed E-state index contributed by atoms with van der Waals surface area (Å²) in [4.78, 5) is 26.4. The smallest absolute Gasteiger partial charge is 0.270 e. The molecule has 0 aliphatic carbocycles. The van der Waals surface area contributed by atoms with Gasteiger partial charge in [0.15, 0.2) is 10.1 Å². The van der Waals surface area contributed by atoms with Gasteiger partial charge in [-0.2, -0.15) is 0 Å². The number of ketones is 1. The molecule has 6 heteroatoms. The van der Waals surface area contributed by atoms with Gasteiger partial charge in [0.25, 0.3) is 5.91 Å². The number of benzene rings is 2. The number of Topliss-reactive ketones (excluding diaryl/α,β-unsaturated/α-hetero) is 1. The van der Waals surface area contributed by atoms with Crippen molar-refractivity contribution in [1.29, 1.82) is 0 Å². The Morgan fingerprint density at radius 1 is 1.20 bits per heavy atom. The molecule has 0 saturated carbocycles. The number of carbonyl (C=O) groups is 2. The summed E-state index contributed by atoms with van der Waals surface area (Å²) in [5, 5.41) is 0. The molecule has 0 unspecified atom stereocenters. The molecule has 0 N–H and O–H groups in total. The van der Waals surface area contributed by atoms with Crippen molar-refractivity contribution >= 4 is 51.8 Å². The molecule has 0 aromatic heterocycles. The third-order valence-corrected chi connectivity index (χ3v) is 5.03. The fraction of sp³-hybridized carbons (Fsp3) is 0.105. The summed E-state index contributed by atoms with van der Waals surface area (Å²) in [6.07, 6.45) is 1.77. The molecule has 3 rings (SSSR count). The molecule has 2 aromatic carbocycles. The van der Waals surface area contributed by atoms with Gasteiger partial charge in [-0.15, -0.1) is 0 Å². The molecule has 0 bridgehead atoms. The third-order valence-electron chi connectivity index (χ3n) is 3.73. The Bertz CT molecular complexity index is 905. The quantitative estimate of drug-likeness (QED) is 0.457. The van der Waals surface area contributed by atoms with Crippen molar-refractivity contribution in [3.05, 3.63) is 64.6 Å². The van der Waals surface area contributed by atoms with Gasteiger partial charge in [0, 0.05) is 11.1 Å². The summed E-state index contributed by atoms with van der Waals surface area (Å²) in [7, 11) is 1.59. The van der Waals surface area contributed by atoms with Crippen LogP contribution < -0.4 is 9.64 Å². The Morgan fingerprint density at radius 3 is 2.68 bits per heavy atom. The van der Waals surface area contributed by atoms with Crippen LogP contribution in [-0.4, -0.2) is 23.1 Å². The van der Waals surface area contributed by atoms with Crippen molar-refractivity contribution in [3.8, 4) is 5.75 Å². The molecule has 0 radical (unpaired) electrons. The summed E-state index contributed by atoms with van der Waals surface area (Å²) in [5.41, 5.74) is 1.95. The topological polar surface area (TPSA) is 46.6 Å². The van der Waals surface area contributed by atoms with Crippen molar-refractivity contribution in [2.24, 2.45) is 0 Å². The Hall–Kier alpha value is -2.44. The molecule has 1 saturated heterocycles. The molecule has 0 spiro atoms. The fourth-order valence-corrected chi connectivity index (χ4v) is 3.77. The van der Waals surface area contributed by atoms with E-state index in [1.54, 1.807) is 37.5 Å². The summed E-state index contributed by atoms with van der Waals surface area (Å²) < 4.78 is 5.76. The van der Waals surface area contributed by atoms with E-state index in [9.17, 15) is 9.59 Å². The fourth-order valence-electron chi connectivity index (χ4n) is 2.48. The number of rotatable bonds is 4. The number of thioether (sulfide) groups is 1. The number of nitrogens with zero attached hydrogens (tertiary/aromatic N) is 1. The Morgan fingerprint density at radius 2 is 1.96 bits per heavy atom. The zero-order valence-electron chi connectivity index (χ0n) is 13.7. The molecule has 1 fully saturated rings. The summed E-state index contributed by atoms with van der Waals surface area (Å²) in [6, 6.07) is 14.4. The van der Waals surface area contributed by atoms with Crippen molar-refractivity contribution in [2.45, 2.75) is 6.92 Å². The highest BCUT2D eigenvalue weighted by atomic mass is 32.2. The lowest BCUT2D eigenvalue weighted by molar-refractivity contribution is -0.113. The van der Waals surface area contributed by atoms with E-state index in [-0.39, 0.29) is 11.7 Å². The van der Waals surface area contributed by atoms with Crippen LogP contribution in [0.15, 0.2) is 53.4 Å². The first-order valence-corrected chi connectivity index (χ1v) is 8.75. The molecule has 4 nitrogen and oxygen atoms in total. The number of methoxy groups -OCH3 is 1. The van der Waals surface area contributed by atoms with Gasteiger partial charge in [-0.05, 0) is 31.2 Å². The monoisotopic (exact) mass is 369 g/mol. The summed E-state index contributed by atoms with van der Waals surface area (Å²) >= 11 is 6.61. The molecule has 126 valence electrons. The molecular weight excluding hydrogens is 354 g/mol. The van der Waals surface area contributed by atoms with Crippen LogP contribution in [0.5, 0.6) is 5.75 Å². The maximum Gasteiger partial charge on any atom is 0.270 e. The zero-order valence-corrected chi connectivity index (χ0v) is 15.3. The number of amides is 1. The molecule has 0 atom stereocenters. The van der Waals surface area contributed by atoms with E-state index in [2.05, 4.69) is 0 Å². The van der Waals surface area contributed by atoms with Crippen LogP contribution in [0, 0.1) is 0 Å². The van der Waals surface area contributed by atoms with Crippen LogP contribution in [-0.2, 0) is 4.79 Å². The highest BCUT2D eigenvalue weighted by molar-refractivity contribution is 8.27. The zero-order chi connectivity index (χ0) is 18.0. The number of anilines is 1. The first-order valence-electron chi connectivity index (χ1n) is 7.53. The van der Waals surface area contributed by atoms with E-state index in [0.29, 0.717) is 26.2 Å². The minimum Gasteiger partial charge on any atom is -0.496 e. The van der Waals surface area contributed by atoms with Gasteiger partial charge in [-0.1, -0.05) is 54.3 Å². The van der Waals surface area contributed by atoms with Gasteiger partial charge >= 0.3 is 0 Å². The van der Waals surface area contributed by atoms with Crippen molar-refractivity contribution in [2.75, 3.05) is 12.0 Å². The van der Waals surface area contributed by atoms with Crippen LogP contribution >= 0.6 is 24.0 Å². The highest BCUT2D eigenvalue weighted by Gasteiger charge is 2.33. The Kier molecular flexibility index (Phi) is 5.01. The van der Waals surface area contributed by atoms with Crippen LogP contribution in [0.3, 0.4) is 0 Å². The molecule has 25 heavy (non-hydrogen) atoms. The lowest BCUT2D eigenvalue weighted by Gasteiger charge is -2.15. The van der Waals surface area contributed by atoms with Gasteiger partial charge in [0.1, 0.15) is 5.75 Å². The second kappa shape index (κ2) is 7.21. The van der Waals surface area contributed by atoms with Crippen molar-refractivity contribution in [1.82, 2.24) is 0 Å². The van der Waals surface area contributed by atoms with Gasteiger partial charge in [-0.25, -0.2) is 0 Å². The lowest BCUT2D eigenvalue weighted by atomic mass is 10.1. The van der Waals surface area contributed by atoms with Crippen molar-refractivity contribution in [3.63, 3.8) is 0 Å². The SMILES string of the molecule is COc1ccccc1C=C1SC(=S)N(c2cccc(C(C)=O)c2)C1=O. The largest absolute Gasteiger partial charge is 0.496 e. The van der Waals surface area contributed by atoms with E-state index >= 15 is 0 Å². The van der Waals surface area contributed by atoms with Crippen LogP contribution in [0.2, 0.25) is 0 Å². The molecule has 1 heterocycles. The minimum atomic E-state index is -0.207. The van der Waals surface area contributed by atoms with Crippen molar-refractivity contribution < 1.29 is 14.3 Å². The molecular formula is C19H15NO3S2.